The lowest BCUT2D eigenvalue weighted by Crippen LogP contribution is -2.49. The van der Waals surface area contributed by atoms with Gasteiger partial charge >= 0.3 is 0 Å². The molecule has 0 saturated carbocycles. The number of anilines is 3. The first-order chi connectivity index (χ1) is 13.4. The van der Waals surface area contributed by atoms with Crippen molar-refractivity contribution in [1.82, 2.24) is 4.31 Å². The van der Waals surface area contributed by atoms with Gasteiger partial charge in [0, 0.05) is 30.2 Å². The van der Waals surface area contributed by atoms with Crippen LogP contribution in [0.1, 0.15) is 24.8 Å². The van der Waals surface area contributed by atoms with E-state index < -0.39 is 16.1 Å². The molecule has 2 aromatic carbocycles. The summed E-state index contributed by atoms with van der Waals surface area (Å²) in [6, 6.07) is 15.5. The fraction of sp³-hybridized carbons (Fsp3) is 0.381. The molecule has 1 unspecified atom stereocenters. The Kier molecular flexibility index (Phi) is 5.12. The molecule has 4 rings (SSSR count). The number of rotatable bonds is 4. The highest BCUT2D eigenvalue weighted by Gasteiger charge is 2.34. The fourth-order valence-corrected chi connectivity index (χ4v) is 5.24. The van der Waals surface area contributed by atoms with Crippen molar-refractivity contribution in [2.75, 3.05) is 29.6 Å². The molecule has 1 saturated heterocycles. The summed E-state index contributed by atoms with van der Waals surface area (Å²) in [5.74, 6) is -0.260. The third kappa shape index (κ3) is 3.77. The molecule has 1 atom stereocenters. The molecule has 0 aromatic heterocycles. The molecular weight excluding hydrogens is 374 g/mol. The van der Waals surface area contributed by atoms with Crippen LogP contribution in [-0.4, -0.2) is 44.0 Å². The highest BCUT2D eigenvalue weighted by Crippen LogP contribution is 2.34. The number of sulfonamides is 1. The molecule has 1 N–H and O–H groups in total. The quantitative estimate of drug-likeness (QED) is 0.858. The molecule has 7 heteroatoms. The Morgan fingerprint density at radius 2 is 1.79 bits per heavy atom. The summed E-state index contributed by atoms with van der Waals surface area (Å²) in [5.41, 5.74) is 4.34. The van der Waals surface area contributed by atoms with Gasteiger partial charge in [-0.15, -0.1) is 0 Å². The number of hydrogen-bond acceptors (Lipinski definition) is 4. The second-order valence-electron chi connectivity index (χ2n) is 7.45. The van der Waals surface area contributed by atoms with Gasteiger partial charge in [0.05, 0.1) is 6.26 Å². The van der Waals surface area contributed by atoms with Crippen LogP contribution in [0.5, 0.6) is 0 Å². The van der Waals surface area contributed by atoms with E-state index in [1.807, 2.05) is 30.3 Å². The van der Waals surface area contributed by atoms with Gasteiger partial charge in [0.25, 0.3) is 0 Å². The van der Waals surface area contributed by atoms with E-state index in [9.17, 15) is 13.2 Å². The van der Waals surface area contributed by atoms with E-state index in [0.29, 0.717) is 18.7 Å². The Morgan fingerprint density at radius 3 is 2.54 bits per heavy atom. The maximum atomic E-state index is 12.7. The van der Waals surface area contributed by atoms with Crippen molar-refractivity contribution >= 4 is 33.0 Å². The molecule has 28 heavy (non-hydrogen) atoms. The molecule has 148 valence electrons. The highest BCUT2D eigenvalue weighted by atomic mass is 32.2. The Labute approximate surface area is 166 Å². The van der Waals surface area contributed by atoms with Crippen LogP contribution >= 0.6 is 0 Å². The molecule has 0 bridgehead atoms. The summed E-state index contributed by atoms with van der Waals surface area (Å²) in [6.07, 6.45) is 4.40. The molecule has 6 nitrogen and oxygen atoms in total. The Balaban J connectivity index is 1.47. The summed E-state index contributed by atoms with van der Waals surface area (Å²) in [4.78, 5) is 15.0. The highest BCUT2D eigenvalue weighted by molar-refractivity contribution is 7.88. The van der Waals surface area contributed by atoms with Crippen LogP contribution in [0, 0.1) is 0 Å². The second-order valence-corrected chi connectivity index (χ2v) is 9.39. The minimum Gasteiger partial charge on any atom is -0.341 e. The minimum atomic E-state index is -3.39. The third-order valence-electron chi connectivity index (χ3n) is 5.52. The van der Waals surface area contributed by atoms with Crippen LogP contribution in [-0.2, 0) is 21.2 Å². The van der Waals surface area contributed by atoms with Crippen molar-refractivity contribution in [3.05, 3.63) is 54.1 Å². The van der Waals surface area contributed by atoms with Gasteiger partial charge in [-0.05, 0) is 55.2 Å². The van der Waals surface area contributed by atoms with E-state index >= 15 is 0 Å². The van der Waals surface area contributed by atoms with E-state index in [1.54, 1.807) is 0 Å². The van der Waals surface area contributed by atoms with Crippen LogP contribution in [0.3, 0.4) is 0 Å². The van der Waals surface area contributed by atoms with Crippen molar-refractivity contribution in [3.63, 3.8) is 0 Å². The van der Waals surface area contributed by atoms with Crippen LogP contribution in [0.25, 0.3) is 0 Å². The lowest BCUT2D eigenvalue weighted by Gasteiger charge is -2.32. The minimum absolute atomic E-state index is 0.260. The average molecular weight is 400 g/mol. The number of benzene rings is 2. The fourth-order valence-electron chi connectivity index (χ4n) is 4.12. The Bertz CT molecular complexity index is 973. The molecule has 1 amide bonds. The largest absolute Gasteiger partial charge is 0.341 e. The molecule has 0 aliphatic carbocycles. The standard InChI is InChI=1S/C21H25N3O3S/c1-28(26,27)24-14-5-4-8-20(24)21(25)22-17-9-11-18(12-10-17)23-15-13-16-6-2-3-7-19(16)23/h2-3,6-7,9-12,20H,4-5,8,13-15H2,1H3,(H,22,25). The van der Waals surface area contributed by atoms with Crippen LogP contribution in [0.2, 0.25) is 0 Å². The molecular formula is C21H25N3O3S. The van der Waals surface area contributed by atoms with E-state index in [4.69, 9.17) is 0 Å². The second kappa shape index (κ2) is 7.56. The number of carbonyl (C=O) groups excluding carboxylic acids is 1. The van der Waals surface area contributed by atoms with Crippen molar-refractivity contribution in [3.8, 4) is 0 Å². The first-order valence-electron chi connectivity index (χ1n) is 9.67. The molecule has 0 radical (unpaired) electrons. The van der Waals surface area contributed by atoms with Gasteiger partial charge in [0.15, 0.2) is 0 Å². The molecule has 2 aliphatic rings. The summed E-state index contributed by atoms with van der Waals surface area (Å²) in [6.45, 7) is 1.35. The molecule has 2 aliphatic heterocycles. The van der Waals surface area contributed by atoms with Crippen molar-refractivity contribution < 1.29 is 13.2 Å². The predicted octanol–water partition coefficient (Wildman–Crippen LogP) is 3.13. The normalized spacial score (nSPS) is 20.0. The smallest absolute Gasteiger partial charge is 0.242 e. The van der Waals surface area contributed by atoms with E-state index in [-0.39, 0.29) is 5.91 Å². The van der Waals surface area contributed by atoms with Crippen LogP contribution in [0.4, 0.5) is 17.1 Å². The predicted molar refractivity (Wildman–Crippen MR) is 111 cm³/mol. The van der Waals surface area contributed by atoms with E-state index in [0.717, 1.165) is 31.5 Å². The van der Waals surface area contributed by atoms with Crippen molar-refractivity contribution in [2.24, 2.45) is 0 Å². The number of amides is 1. The van der Waals surface area contributed by atoms with Gasteiger partial charge in [-0.2, -0.15) is 4.31 Å². The van der Waals surface area contributed by atoms with Gasteiger partial charge in [0.1, 0.15) is 6.04 Å². The van der Waals surface area contributed by atoms with Crippen molar-refractivity contribution in [1.29, 1.82) is 0 Å². The van der Waals surface area contributed by atoms with Gasteiger partial charge < -0.3 is 10.2 Å². The van der Waals surface area contributed by atoms with Crippen molar-refractivity contribution in [2.45, 2.75) is 31.7 Å². The van der Waals surface area contributed by atoms with E-state index in [2.05, 4.69) is 28.4 Å². The first-order valence-corrected chi connectivity index (χ1v) is 11.5. The topological polar surface area (TPSA) is 69.7 Å². The molecule has 0 spiro atoms. The van der Waals surface area contributed by atoms with E-state index in [1.165, 1.54) is 21.8 Å². The Morgan fingerprint density at radius 1 is 1.04 bits per heavy atom. The Hall–Kier alpha value is -2.38. The number of nitrogens with one attached hydrogen (secondary N) is 1. The lowest BCUT2D eigenvalue weighted by molar-refractivity contribution is -0.120. The zero-order chi connectivity index (χ0) is 19.7. The zero-order valence-corrected chi connectivity index (χ0v) is 16.8. The summed E-state index contributed by atoms with van der Waals surface area (Å²) in [7, 11) is -3.39. The number of nitrogens with zero attached hydrogens (tertiary/aromatic N) is 2. The number of carbonyl (C=O) groups is 1. The monoisotopic (exact) mass is 399 g/mol. The summed E-state index contributed by atoms with van der Waals surface area (Å²) >= 11 is 0. The van der Waals surface area contributed by atoms with Gasteiger partial charge in [-0.25, -0.2) is 8.42 Å². The first kappa shape index (κ1) is 19.0. The van der Waals surface area contributed by atoms with Gasteiger partial charge in [0.2, 0.25) is 15.9 Å². The number of hydrogen-bond donors (Lipinski definition) is 1. The van der Waals surface area contributed by atoms with Crippen LogP contribution in [0.15, 0.2) is 48.5 Å². The third-order valence-corrected chi connectivity index (χ3v) is 6.81. The zero-order valence-electron chi connectivity index (χ0n) is 16.0. The van der Waals surface area contributed by atoms with Crippen LogP contribution < -0.4 is 10.2 Å². The molecule has 2 aromatic rings. The summed E-state index contributed by atoms with van der Waals surface area (Å²) < 4.78 is 25.3. The molecule has 1 fully saturated rings. The maximum Gasteiger partial charge on any atom is 0.242 e. The number of para-hydroxylation sites is 1. The number of fused-ring (bicyclic) bond motifs is 1. The summed E-state index contributed by atoms with van der Waals surface area (Å²) in [5, 5.41) is 2.89. The van der Waals surface area contributed by atoms with Gasteiger partial charge in [-0.3, -0.25) is 4.79 Å². The average Bonchev–Trinajstić information content (AvgIpc) is 3.12. The maximum absolute atomic E-state index is 12.7. The number of piperidine rings is 1. The SMILES string of the molecule is CS(=O)(=O)N1CCCCC1C(=O)Nc1ccc(N2CCc3ccccc32)cc1. The molecule has 2 heterocycles. The lowest BCUT2D eigenvalue weighted by atomic mass is 10.0. The van der Waals surface area contributed by atoms with Gasteiger partial charge in [-0.1, -0.05) is 24.6 Å².